The standard InChI is InChI=1S/C15H18N8O6S/c1-5-29-13(24)9-7-17-22(2)12(9)30(25,26)21-15-20-16-8-23(15)14-18-10(27-3)6-11(19-14)28-4/h6-8H,5H2,1-4H3,(H,20,21). The summed E-state index contributed by atoms with van der Waals surface area (Å²) in [5, 5.41) is 10.9. The van der Waals surface area contributed by atoms with Gasteiger partial charge < -0.3 is 14.2 Å². The van der Waals surface area contributed by atoms with Crippen molar-refractivity contribution in [2.45, 2.75) is 11.9 Å². The fourth-order valence-electron chi connectivity index (χ4n) is 2.42. The van der Waals surface area contributed by atoms with Crippen LogP contribution in [0.25, 0.3) is 5.95 Å². The lowest BCUT2D eigenvalue weighted by Gasteiger charge is -2.11. The Morgan fingerprint density at radius 1 is 1.20 bits per heavy atom. The van der Waals surface area contributed by atoms with Crippen molar-refractivity contribution < 1.29 is 27.4 Å². The number of hydrogen-bond donors (Lipinski definition) is 1. The molecular formula is C15H18N8O6S. The predicted octanol–water partition coefficient (Wildman–Crippen LogP) is -0.214. The summed E-state index contributed by atoms with van der Waals surface area (Å²) in [4.78, 5) is 20.4. The van der Waals surface area contributed by atoms with Gasteiger partial charge in [0.25, 0.3) is 10.0 Å². The van der Waals surface area contributed by atoms with Crippen molar-refractivity contribution in [2.24, 2.45) is 7.05 Å². The topological polar surface area (TPSA) is 165 Å². The third-order valence-corrected chi connectivity index (χ3v) is 5.15. The first-order valence-corrected chi connectivity index (χ1v) is 9.88. The Morgan fingerprint density at radius 3 is 2.47 bits per heavy atom. The fourth-order valence-corrected chi connectivity index (χ4v) is 3.72. The van der Waals surface area contributed by atoms with E-state index in [4.69, 9.17) is 14.2 Å². The molecule has 1 N–H and O–H groups in total. The van der Waals surface area contributed by atoms with E-state index in [9.17, 15) is 13.2 Å². The van der Waals surface area contributed by atoms with Crippen molar-refractivity contribution in [2.75, 3.05) is 25.5 Å². The highest BCUT2D eigenvalue weighted by molar-refractivity contribution is 7.92. The van der Waals surface area contributed by atoms with Gasteiger partial charge in [0, 0.05) is 7.05 Å². The Hall–Kier alpha value is -3.75. The van der Waals surface area contributed by atoms with Gasteiger partial charge in [0.15, 0.2) is 5.03 Å². The van der Waals surface area contributed by atoms with Crippen molar-refractivity contribution >= 4 is 21.9 Å². The minimum atomic E-state index is -4.32. The summed E-state index contributed by atoms with van der Waals surface area (Å²) in [6, 6.07) is 1.44. The number of nitrogens with zero attached hydrogens (tertiary/aromatic N) is 7. The zero-order valence-corrected chi connectivity index (χ0v) is 17.2. The summed E-state index contributed by atoms with van der Waals surface area (Å²) < 4.78 is 45.5. The minimum absolute atomic E-state index is 0.00970. The summed E-state index contributed by atoms with van der Waals surface area (Å²) in [7, 11) is -0.138. The van der Waals surface area contributed by atoms with E-state index in [-0.39, 0.29) is 35.8 Å². The largest absolute Gasteiger partial charge is 0.481 e. The van der Waals surface area contributed by atoms with Crippen LogP contribution < -0.4 is 14.2 Å². The molecule has 0 aromatic carbocycles. The molecule has 14 nitrogen and oxygen atoms in total. The number of nitrogens with one attached hydrogen (secondary N) is 1. The number of carbonyl (C=O) groups is 1. The van der Waals surface area contributed by atoms with Gasteiger partial charge in [-0.3, -0.25) is 4.68 Å². The van der Waals surface area contributed by atoms with Gasteiger partial charge in [-0.2, -0.15) is 23.5 Å². The van der Waals surface area contributed by atoms with Crippen LogP contribution in [0.4, 0.5) is 5.95 Å². The Morgan fingerprint density at radius 2 is 1.87 bits per heavy atom. The molecule has 3 heterocycles. The van der Waals surface area contributed by atoms with E-state index >= 15 is 0 Å². The van der Waals surface area contributed by atoms with Gasteiger partial charge >= 0.3 is 5.97 Å². The highest BCUT2D eigenvalue weighted by atomic mass is 32.2. The van der Waals surface area contributed by atoms with Crippen LogP contribution in [0, 0.1) is 0 Å². The molecule has 0 radical (unpaired) electrons. The molecule has 0 fully saturated rings. The number of aromatic nitrogens is 7. The number of carbonyl (C=O) groups excluding carboxylic acids is 1. The molecule has 0 amide bonds. The zero-order valence-electron chi connectivity index (χ0n) is 16.4. The summed E-state index contributed by atoms with van der Waals surface area (Å²) in [6.45, 7) is 1.68. The van der Waals surface area contributed by atoms with Crippen LogP contribution >= 0.6 is 0 Å². The number of rotatable bonds is 8. The van der Waals surface area contributed by atoms with E-state index in [1.165, 1.54) is 38.2 Å². The summed E-state index contributed by atoms with van der Waals surface area (Å²) in [5.41, 5.74) is -0.225. The second-order valence-electron chi connectivity index (χ2n) is 5.59. The molecule has 3 aromatic heterocycles. The number of ether oxygens (including phenoxy) is 3. The van der Waals surface area contributed by atoms with Crippen LogP contribution in [-0.4, -0.2) is 69.7 Å². The van der Waals surface area contributed by atoms with E-state index < -0.39 is 21.0 Å². The van der Waals surface area contributed by atoms with Gasteiger partial charge in [0.2, 0.25) is 23.7 Å². The first kappa shape index (κ1) is 21.0. The minimum Gasteiger partial charge on any atom is -0.481 e. The van der Waals surface area contributed by atoms with Gasteiger partial charge in [-0.1, -0.05) is 0 Å². The van der Waals surface area contributed by atoms with Gasteiger partial charge in [-0.15, -0.1) is 10.2 Å². The van der Waals surface area contributed by atoms with Crippen LogP contribution in [-0.2, 0) is 21.8 Å². The smallest absolute Gasteiger partial charge is 0.342 e. The first-order valence-electron chi connectivity index (χ1n) is 8.40. The molecule has 160 valence electrons. The molecule has 3 rings (SSSR count). The number of aryl methyl sites for hydroxylation is 1. The Bertz CT molecular complexity index is 1150. The van der Waals surface area contributed by atoms with Crippen molar-refractivity contribution in [1.82, 2.24) is 34.5 Å². The number of hydrogen-bond acceptors (Lipinski definition) is 11. The lowest BCUT2D eigenvalue weighted by atomic mass is 10.4. The maximum absolute atomic E-state index is 13.0. The average molecular weight is 438 g/mol. The highest BCUT2D eigenvalue weighted by Crippen LogP contribution is 2.22. The van der Waals surface area contributed by atoms with E-state index in [2.05, 4.69) is 30.0 Å². The van der Waals surface area contributed by atoms with Crippen molar-refractivity contribution in [1.29, 1.82) is 0 Å². The normalized spacial score (nSPS) is 11.2. The van der Waals surface area contributed by atoms with Crippen molar-refractivity contribution in [3.8, 4) is 17.7 Å². The van der Waals surface area contributed by atoms with E-state index in [0.29, 0.717) is 0 Å². The Kier molecular flexibility index (Phi) is 5.81. The zero-order chi connectivity index (χ0) is 21.9. The SMILES string of the molecule is CCOC(=O)c1cnn(C)c1S(=O)(=O)Nc1nncn1-c1nc(OC)cc(OC)n1. The molecule has 0 atom stereocenters. The van der Waals surface area contributed by atoms with E-state index in [1.54, 1.807) is 6.92 Å². The molecule has 15 heteroatoms. The van der Waals surface area contributed by atoms with Gasteiger partial charge in [0.05, 0.1) is 33.1 Å². The average Bonchev–Trinajstić information content (AvgIpc) is 3.34. The molecular weight excluding hydrogens is 420 g/mol. The lowest BCUT2D eigenvalue weighted by molar-refractivity contribution is 0.0521. The number of sulfonamides is 1. The second-order valence-corrected chi connectivity index (χ2v) is 7.19. The Balaban J connectivity index is 2.01. The third kappa shape index (κ3) is 4.00. The summed E-state index contributed by atoms with van der Waals surface area (Å²) in [5.74, 6) is -0.717. The van der Waals surface area contributed by atoms with Crippen molar-refractivity contribution in [3.05, 3.63) is 24.2 Å². The van der Waals surface area contributed by atoms with Gasteiger partial charge in [0.1, 0.15) is 11.9 Å². The van der Waals surface area contributed by atoms with Crippen molar-refractivity contribution in [3.63, 3.8) is 0 Å². The summed E-state index contributed by atoms with van der Waals surface area (Å²) in [6.07, 6.45) is 2.30. The lowest BCUT2D eigenvalue weighted by Crippen LogP contribution is -2.22. The van der Waals surface area contributed by atoms with E-state index in [0.717, 1.165) is 10.9 Å². The fraction of sp³-hybridized carbons (Fsp3) is 0.333. The number of esters is 1. The highest BCUT2D eigenvalue weighted by Gasteiger charge is 2.30. The molecule has 30 heavy (non-hydrogen) atoms. The predicted molar refractivity (Wildman–Crippen MR) is 100 cm³/mol. The molecule has 3 aromatic rings. The molecule has 0 spiro atoms. The molecule has 0 aliphatic rings. The van der Waals surface area contributed by atoms with Crippen LogP contribution in [0.3, 0.4) is 0 Å². The van der Waals surface area contributed by atoms with Gasteiger partial charge in [-0.05, 0) is 6.92 Å². The van der Waals surface area contributed by atoms with Crippen LogP contribution in [0.1, 0.15) is 17.3 Å². The third-order valence-electron chi connectivity index (χ3n) is 3.71. The molecule has 0 aliphatic heterocycles. The molecule has 0 aliphatic carbocycles. The monoisotopic (exact) mass is 438 g/mol. The molecule has 0 unspecified atom stereocenters. The number of anilines is 1. The molecule has 0 saturated carbocycles. The summed E-state index contributed by atoms with van der Waals surface area (Å²) >= 11 is 0. The molecule has 0 saturated heterocycles. The second kappa shape index (κ2) is 8.32. The maximum Gasteiger partial charge on any atom is 0.342 e. The van der Waals surface area contributed by atoms with Gasteiger partial charge in [-0.25, -0.2) is 14.1 Å². The quantitative estimate of drug-likeness (QED) is 0.462. The van der Waals surface area contributed by atoms with Crippen LogP contribution in [0.2, 0.25) is 0 Å². The maximum atomic E-state index is 13.0. The number of methoxy groups -OCH3 is 2. The Labute approximate surface area is 170 Å². The van der Waals surface area contributed by atoms with E-state index in [1.807, 2.05) is 0 Å². The van der Waals surface area contributed by atoms with Crippen LogP contribution in [0.5, 0.6) is 11.8 Å². The first-order chi connectivity index (χ1) is 14.3. The molecule has 0 bridgehead atoms. The van der Waals surface area contributed by atoms with Crippen LogP contribution in [0.15, 0.2) is 23.6 Å².